The molecule has 3 aliphatic rings. The highest BCUT2D eigenvalue weighted by Crippen LogP contribution is 2.66. The van der Waals surface area contributed by atoms with Crippen molar-refractivity contribution in [3.63, 3.8) is 0 Å². The predicted molar refractivity (Wildman–Crippen MR) is 47.8 cm³/mol. The molecule has 0 radical (unpaired) electrons. The molecule has 1 saturated heterocycles. The lowest BCUT2D eigenvalue weighted by molar-refractivity contribution is -0.174. The van der Waals surface area contributed by atoms with Crippen LogP contribution in [0.15, 0.2) is 12.2 Å². The van der Waals surface area contributed by atoms with E-state index in [1.54, 1.807) is 0 Å². The normalized spacial score (nSPS) is 54.9. The second-order valence-corrected chi connectivity index (χ2v) is 4.52. The molecule has 1 spiro atoms. The standard InChI is InChI=1S/C11H16O/c1-2-8-9-3-5-11(9)7-12-6-4-10(8)11/h3,5,8-10H,2,4,6-7H2,1H3/t8-,9+,10+,11-/m1/s1. The Morgan fingerprint density at radius 3 is 3.17 bits per heavy atom. The van der Waals surface area contributed by atoms with E-state index >= 15 is 0 Å². The van der Waals surface area contributed by atoms with E-state index in [-0.39, 0.29) is 0 Å². The first-order valence-electron chi connectivity index (χ1n) is 5.15. The Kier molecular flexibility index (Phi) is 1.27. The fourth-order valence-electron chi connectivity index (χ4n) is 3.63. The molecule has 0 bridgehead atoms. The van der Waals surface area contributed by atoms with E-state index in [0.717, 1.165) is 31.0 Å². The molecule has 4 atom stereocenters. The van der Waals surface area contributed by atoms with Crippen molar-refractivity contribution in [2.45, 2.75) is 19.8 Å². The van der Waals surface area contributed by atoms with Crippen LogP contribution in [0, 0.1) is 23.2 Å². The number of allylic oxidation sites excluding steroid dienone is 1. The van der Waals surface area contributed by atoms with Gasteiger partial charge in [-0.05, 0) is 24.2 Å². The van der Waals surface area contributed by atoms with E-state index in [9.17, 15) is 0 Å². The van der Waals surface area contributed by atoms with Gasteiger partial charge in [-0.3, -0.25) is 0 Å². The van der Waals surface area contributed by atoms with Crippen molar-refractivity contribution in [2.75, 3.05) is 13.2 Å². The SMILES string of the molecule is CC[C@@H]1[C@@H]2C=C[C@@]23COCC[C@@H]13. The monoisotopic (exact) mass is 164 g/mol. The molecule has 1 heteroatoms. The highest BCUT2D eigenvalue weighted by molar-refractivity contribution is 5.30. The van der Waals surface area contributed by atoms with Gasteiger partial charge in [0.15, 0.2) is 0 Å². The van der Waals surface area contributed by atoms with Crippen molar-refractivity contribution in [1.82, 2.24) is 0 Å². The smallest absolute Gasteiger partial charge is 0.0565 e. The minimum atomic E-state index is 0.527. The van der Waals surface area contributed by atoms with E-state index in [1.165, 1.54) is 12.8 Å². The maximum absolute atomic E-state index is 5.57. The molecule has 0 aromatic heterocycles. The van der Waals surface area contributed by atoms with Crippen molar-refractivity contribution in [1.29, 1.82) is 0 Å². The van der Waals surface area contributed by atoms with E-state index in [2.05, 4.69) is 19.1 Å². The van der Waals surface area contributed by atoms with Crippen molar-refractivity contribution >= 4 is 0 Å². The molecule has 0 aromatic carbocycles. The highest BCUT2D eigenvalue weighted by Gasteiger charge is 2.63. The average Bonchev–Trinajstić information content (AvgIpc) is 2.12. The van der Waals surface area contributed by atoms with Gasteiger partial charge in [0.05, 0.1) is 6.61 Å². The largest absolute Gasteiger partial charge is 0.381 e. The van der Waals surface area contributed by atoms with Crippen LogP contribution in [-0.2, 0) is 4.74 Å². The fourth-order valence-corrected chi connectivity index (χ4v) is 3.63. The summed E-state index contributed by atoms with van der Waals surface area (Å²) >= 11 is 0. The van der Waals surface area contributed by atoms with Gasteiger partial charge in [-0.1, -0.05) is 25.5 Å². The zero-order valence-corrected chi connectivity index (χ0v) is 7.62. The van der Waals surface area contributed by atoms with Crippen LogP contribution in [0.5, 0.6) is 0 Å². The summed E-state index contributed by atoms with van der Waals surface area (Å²) in [5, 5.41) is 0. The van der Waals surface area contributed by atoms with Gasteiger partial charge in [-0.2, -0.15) is 0 Å². The Balaban J connectivity index is 1.88. The highest BCUT2D eigenvalue weighted by atomic mass is 16.5. The summed E-state index contributed by atoms with van der Waals surface area (Å²) in [6, 6.07) is 0. The molecule has 1 aliphatic heterocycles. The molecule has 0 unspecified atom stereocenters. The van der Waals surface area contributed by atoms with Gasteiger partial charge in [0, 0.05) is 12.0 Å². The molecule has 1 saturated carbocycles. The van der Waals surface area contributed by atoms with Crippen LogP contribution in [0.2, 0.25) is 0 Å². The number of hydrogen-bond donors (Lipinski definition) is 0. The zero-order chi connectivity index (χ0) is 8.18. The summed E-state index contributed by atoms with van der Waals surface area (Å²) in [5.41, 5.74) is 0.527. The molecular formula is C11H16O. The lowest BCUT2D eigenvalue weighted by Crippen LogP contribution is -2.63. The number of rotatable bonds is 1. The Hall–Kier alpha value is -0.300. The quantitative estimate of drug-likeness (QED) is 0.540. The molecule has 2 fully saturated rings. The van der Waals surface area contributed by atoms with Gasteiger partial charge in [-0.15, -0.1) is 0 Å². The Morgan fingerprint density at radius 1 is 1.58 bits per heavy atom. The summed E-state index contributed by atoms with van der Waals surface area (Å²) in [5.74, 6) is 2.83. The first kappa shape index (κ1) is 7.14. The van der Waals surface area contributed by atoms with Crippen LogP contribution in [0.4, 0.5) is 0 Å². The third-order valence-electron chi connectivity index (χ3n) is 4.30. The summed E-state index contributed by atoms with van der Waals surface area (Å²) < 4.78 is 5.57. The summed E-state index contributed by atoms with van der Waals surface area (Å²) in [6.45, 7) is 4.34. The summed E-state index contributed by atoms with van der Waals surface area (Å²) in [6.07, 6.45) is 7.48. The molecule has 0 amide bonds. The van der Waals surface area contributed by atoms with Crippen LogP contribution < -0.4 is 0 Å². The average molecular weight is 164 g/mol. The van der Waals surface area contributed by atoms with Gasteiger partial charge in [0.2, 0.25) is 0 Å². The number of ether oxygens (including phenoxy) is 1. The second kappa shape index (κ2) is 2.14. The minimum Gasteiger partial charge on any atom is -0.381 e. The molecule has 66 valence electrons. The minimum absolute atomic E-state index is 0.527. The lowest BCUT2D eigenvalue weighted by atomic mass is 9.40. The molecule has 1 heterocycles. The van der Waals surface area contributed by atoms with E-state index in [0.29, 0.717) is 5.41 Å². The van der Waals surface area contributed by atoms with Gasteiger partial charge in [-0.25, -0.2) is 0 Å². The second-order valence-electron chi connectivity index (χ2n) is 4.52. The van der Waals surface area contributed by atoms with E-state index < -0.39 is 0 Å². The first-order chi connectivity index (χ1) is 5.88. The molecular weight excluding hydrogens is 148 g/mol. The van der Waals surface area contributed by atoms with Crippen molar-refractivity contribution in [3.8, 4) is 0 Å². The van der Waals surface area contributed by atoms with Crippen LogP contribution >= 0.6 is 0 Å². The maximum Gasteiger partial charge on any atom is 0.0565 e. The molecule has 3 rings (SSSR count). The van der Waals surface area contributed by atoms with Crippen LogP contribution in [0.3, 0.4) is 0 Å². The third kappa shape index (κ3) is 0.576. The zero-order valence-electron chi connectivity index (χ0n) is 7.62. The van der Waals surface area contributed by atoms with Gasteiger partial charge in [0.25, 0.3) is 0 Å². The fraction of sp³-hybridized carbons (Fsp3) is 0.818. The van der Waals surface area contributed by atoms with Crippen molar-refractivity contribution in [3.05, 3.63) is 12.2 Å². The van der Waals surface area contributed by atoms with Crippen molar-refractivity contribution in [2.24, 2.45) is 23.2 Å². The van der Waals surface area contributed by atoms with Crippen molar-refractivity contribution < 1.29 is 4.74 Å². The maximum atomic E-state index is 5.57. The third-order valence-corrected chi connectivity index (χ3v) is 4.30. The molecule has 0 N–H and O–H groups in total. The van der Waals surface area contributed by atoms with Gasteiger partial charge >= 0.3 is 0 Å². The van der Waals surface area contributed by atoms with Gasteiger partial charge < -0.3 is 4.74 Å². The Bertz CT molecular complexity index is 233. The Labute approximate surface area is 73.8 Å². The Morgan fingerprint density at radius 2 is 2.50 bits per heavy atom. The molecule has 0 aromatic rings. The summed E-state index contributed by atoms with van der Waals surface area (Å²) in [4.78, 5) is 0. The van der Waals surface area contributed by atoms with Crippen LogP contribution in [0.25, 0.3) is 0 Å². The predicted octanol–water partition coefficient (Wildman–Crippen LogP) is 2.24. The number of hydrogen-bond acceptors (Lipinski definition) is 1. The van der Waals surface area contributed by atoms with E-state index in [4.69, 9.17) is 4.74 Å². The van der Waals surface area contributed by atoms with Crippen LogP contribution in [-0.4, -0.2) is 13.2 Å². The summed E-state index contributed by atoms with van der Waals surface area (Å²) in [7, 11) is 0. The van der Waals surface area contributed by atoms with Gasteiger partial charge in [0.1, 0.15) is 0 Å². The topological polar surface area (TPSA) is 9.23 Å². The first-order valence-corrected chi connectivity index (χ1v) is 5.15. The lowest BCUT2D eigenvalue weighted by Gasteiger charge is -2.66. The molecule has 1 nitrogen and oxygen atoms in total. The molecule has 12 heavy (non-hydrogen) atoms. The van der Waals surface area contributed by atoms with Crippen LogP contribution in [0.1, 0.15) is 19.8 Å². The van der Waals surface area contributed by atoms with E-state index in [1.807, 2.05) is 0 Å². The molecule has 2 aliphatic carbocycles.